The van der Waals surface area contributed by atoms with Crippen LogP contribution in [0.3, 0.4) is 0 Å². The molecule has 1 atom stereocenters. The second-order valence-corrected chi connectivity index (χ2v) is 8.49. The highest BCUT2D eigenvalue weighted by Crippen LogP contribution is 2.40. The molecule has 1 fully saturated rings. The van der Waals surface area contributed by atoms with Crippen molar-refractivity contribution >= 4 is 32.6 Å². The molecule has 0 N–H and O–H groups in total. The first kappa shape index (κ1) is 20.6. The molecule has 158 valence electrons. The number of carbonyl (C=O) groups is 1. The number of aromatic nitrogens is 1. The lowest BCUT2D eigenvalue weighted by Crippen LogP contribution is -2.37. The number of methoxy groups -OCH3 is 2. The average molecular weight is 427 g/mol. The van der Waals surface area contributed by atoms with Crippen molar-refractivity contribution in [3.8, 4) is 11.5 Å². The predicted octanol–water partition coefficient (Wildman–Crippen LogP) is 4.76. The fourth-order valence-corrected chi connectivity index (χ4v) is 4.82. The Hall–Kier alpha value is -2.64. The maximum Gasteiger partial charge on any atom is 0.260 e. The van der Waals surface area contributed by atoms with Gasteiger partial charge in [0.15, 0.2) is 5.13 Å². The van der Waals surface area contributed by atoms with Crippen LogP contribution in [0.4, 0.5) is 5.13 Å². The Morgan fingerprint density at radius 2 is 1.97 bits per heavy atom. The minimum absolute atomic E-state index is 0.00914. The van der Waals surface area contributed by atoms with E-state index >= 15 is 0 Å². The van der Waals surface area contributed by atoms with Crippen LogP contribution in [0, 0.1) is 13.8 Å². The quantitative estimate of drug-likeness (QED) is 0.569. The lowest BCUT2D eigenvalue weighted by Gasteiger charge is -2.24. The SMILES string of the molecule is COc1ccc(OC)c2sc(N(CC3CCCO3)C(=O)c3cc(C)ccc3C)nc12. The molecular weight excluding hydrogens is 400 g/mol. The van der Waals surface area contributed by atoms with Crippen molar-refractivity contribution in [2.24, 2.45) is 0 Å². The van der Waals surface area contributed by atoms with E-state index in [0.717, 1.165) is 35.3 Å². The summed E-state index contributed by atoms with van der Waals surface area (Å²) in [6.07, 6.45) is 1.96. The molecule has 1 aromatic heterocycles. The fraction of sp³-hybridized carbons (Fsp3) is 0.391. The van der Waals surface area contributed by atoms with Gasteiger partial charge in [-0.15, -0.1) is 0 Å². The smallest absolute Gasteiger partial charge is 0.260 e. The molecule has 7 heteroatoms. The third-order valence-electron chi connectivity index (χ3n) is 5.41. The minimum atomic E-state index is -0.0660. The Morgan fingerprint density at radius 3 is 2.67 bits per heavy atom. The molecule has 4 rings (SSSR count). The zero-order chi connectivity index (χ0) is 21.3. The minimum Gasteiger partial charge on any atom is -0.495 e. The highest BCUT2D eigenvalue weighted by Gasteiger charge is 2.29. The Morgan fingerprint density at radius 1 is 1.20 bits per heavy atom. The van der Waals surface area contributed by atoms with E-state index in [1.807, 2.05) is 44.2 Å². The molecular formula is C23H26N2O4S. The molecule has 0 radical (unpaired) electrons. The zero-order valence-corrected chi connectivity index (χ0v) is 18.5. The second kappa shape index (κ2) is 8.62. The van der Waals surface area contributed by atoms with Crippen LogP contribution < -0.4 is 14.4 Å². The van der Waals surface area contributed by atoms with Gasteiger partial charge in [0.1, 0.15) is 21.7 Å². The molecule has 2 aromatic carbocycles. The number of thiazole rings is 1. The van der Waals surface area contributed by atoms with Gasteiger partial charge in [-0.3, -0.25) is 9.69 Å². The monoisotopic (exact) mass is 426 g/mol. The zero-order valence-electron chi connectivity index (χ0n) is 17.7. The number of fused-ring (bicyclic) bond motifs is 1. The first-order chi connectivity index (χ1) is 14.5. The van der Waals surface area contributed by atoms with E-state index in [0.29, 0.717) is 34.3 Å². The predicted molar refractivity (Wildman–Crippen MR) is 119 cm³/mol. The fourth-order valence-electron chi connectivity index (χ4n) is 3.74. The van der Waals surface area contributed by atoms with E-state index in [1.54, 1.807) is 19.1 Å². The summed E-state index contributed by atoms with van der Waals surface area (Å²) in [5, 5.41) is 0.620. The highest BCUT2D eigenvalue weighted by atomic mass is 32.1. The van der Waals surface area contributed by atoms with Crippen LogP contribution in [-0.4, -0.2) is 44.4 Å². The molecule has 1 unspecified atom stereocenters. The summed E-state index contributed by atoms with van der Waals surface area (Å²) in [6, 6.07) is 9.64. The number of hydrogen-bond donors (Lipinski definition) is 0. The van der Waals surface area contributed by atoms with Crippen LogP contribution in [0.1, 0.15) is 34.3 Å². The van der Waals surface area contributed by atoms with Gasteiger partial charge in [0.25, 0.3) is 5.91 Å². The maximum atomic E-state index is 13.7. The van der Waals surface area contributed by atoms with Gasteiger partial charge in [0.2, 0.25) is 0 Å². The number of rotatable bonds is 6. The van der Waals surface area contributed by atoms with Gasteiger partial charge in [-0.05, 0) is 50.5 Å². The molecule has 0 spiro atoms. The number of carbonyl (C=O) groups excluding carboxylic acids is 1. The number of nitrogens with zero attached hydrogens (tertiary/aromatic N) is 2. The van der Waals surface area contributed by atoms with E-state index in [1.165, 1.54) is 11.3 Å². The first-order valence-electron chi connectivity index (χ1n) is 10.0. The van der Waals surface area contributed by atoms with E-state index in [4.69, 9.17) is 19.2 Å². The number of hydrogen-bond acceptors (Lipinski definition) is 6. The average Bonchev–Trinajstić information content (AvgIpc) is 3.42. The first-order valence-corrected chi connectivity index (χ1v) is 10.9. The molecule has 3 aromatic rings. The van der Waals surface area contributed by atoms with E-state index in [9.17, 15) is 4.79 Å². The normalized spacial score (nSPS) is 16.1. The topological polar surface area (TPSA) is 60.9 Å². The van der Waals surface area contributed by atoms with Crippen LogP contribution in [0.15, 0.2) is 30.3 Å². The molecule has 2 heterocycles. The lowest BCUT2D eigenvalue weighted by molar-refractivity contribution is 0.0917. The Bertz CT molecular complexity index is 1030. The molecule has 1 saturated heterocycles. The number of aryl methyl sites for hydroxylation is 2. The molecule has 0 bridgehead atoms. The van der Waals surface area contributed by atoms with E-state index in [2.05, 4.69) is 0 Å². The summed E-state index contributed by atoms with van der Waals surface area (Å²) < 4.78 is 17.7. The van der Waals surface area contributed by atoms with Crippen LogP contribution in [0.25, 0.3) is 10.2 Å². The second-order valence-electron chi connectivity index (χ2n) is 7.51. The van der Waals surface area contributed by atoms with Crippen molar-refractivity contribution < 1.29 is 19.0 Å². The van der Waals surface area contributed by atoms with Crippen LogP contribution in [0.5, 0.6) is 11.5 Å². The summed E-state index contributed by atoms with van der Waals surface area (Å²) in [5.74, 6) is 1.30. The van der Waals surface area contributed by atoms with Crippen molar-refractivity contribution in [3.05, 3.63) is 47.0 Å². The number of benzene rings is 2. The van der Waals surface area contributed by atoms with Crippen molar-refractivity contribution in [2.75, 3.05) is 32.3 Å². The Kier molecular flexibility index (Phi) is 5.92. The molecule has 1 aliphatic heterocycles. The number of anilines is 1. The van der Waals surface area contributed by atoms with E-state index < -0.39 is 0 Å². The lowest BCUT2D eigenvalue weighted by atomic mass is 10.0. The van der Waals surface area contributed by atoms with E-state index in [-0.39, 0.29) is 12.0 Å². The van der Waals surface area contributed by atoms with Crippen molar-refractivity contribution in [3.63, 3.8) is 0 Å². The molecule has 1 aliphatic rings. The molecule has 1 amide bonds. The summed E-state index contributed by atoms with van der Waals surface area (Å²) in [4.78, 5) is 20.2. The van der Waals surface area contributed by atoms with Crippen molar-refractivity contribution in [1.82, 2.24) is 4.98 Å². The largest absolute Gasteiger partial charge is 0.495 e. The molecule has 30 heavy (non-hydrogen) atoms. The molecule has 0 saturated carbocycles. The van der Waals surface area contributed by atoms with Crippen molar-refractivity contribution in [2.45, 2.75) is 32.8 Å². The van der Waals surface area contributed by atoms with Gasteiger partial charge in [-0.2, -0.15) is 0 Å². The summed E-state index contributed by atoms with van der Waals surface area (Å²) in [6.45, 7) is 5.16. The third kappa shape index (κ3) is 3.87. The number of ether oxygens (including phenoxy) is 3. The Balaban J connectivity index is 1.81. The van der Waals surface area contributed by atoms with Gasteiger partial charge in [-0.25, -0.2) is 4.98 Å². The highest BCUT2D eigenvalue weighted by molar-refractivity contribution is 7.22. The maximum absolute atomic E-state index is 13.7. The van der Waals surface area contributed by atoms with Gasteiger partial charge >= 0.3 is 0 Å². The summed E-state index contributed by atoms with van der Waals surface area (Å²) >= 11 is 1.44. The standard InChI is InChI=1S/C23H26N2O4S/c1-14-7-8-15(2)17(12-14)22(26)25(13-16-6-5-11-29-16)23-24-20-18(27-3)9-10-19(28-4)21(20)30-23/h7-10,12,16H,5-6,11,13H2,1-4H3. The van der Waals surface area contributed by atoms with Gasteiger partial charge in [0.05, 0.1) is 26.9 Å². The van der Waals surface area contributed by atoms with Gasteiger partial charge in [-0.1, -0.05) is 29.0 Å². The molecule has 0 aliphatic carbocycles. The van der Waals surface area contributed by atoms with Crippen LogP contribution in [-0.2, 0) is 4.74 Å². The molecule has 6 nitrogen and oxygen atoms in total. The van der Waals surface area contributed by atoms with Crippen LogP contribution in [0.2, 0.25) is 0 Å². The van der Waals surface area contributed by atoms with Crippen molar-refractivity contribution in [1.29, 1.82) is 0 Å². The summed E-state index contributed by atoms with van der Waals surface area (Å²) in [5.41, 5.74) is 3.38. The summed E-state index contributed by atoms with van der Waals surface area (Å²) in [7, 11) is 3.25. The third-order valence-corrected chi connectivity index (χ3v) is 6.50. The van der Waals surface area contributed by atoms with Crippen LogP contribution >= 0.6 is 11.3 Å². The Labute approximate surface area is 180 Å². The van der Waals surface area contributed by atoms with Gasteiger partial charge in [0, 0.05) is 12.2 Å². The number of amides is 1. The van der Waals surface area contributed by atoms with Gasteiger partial charge < -0.3 is 14.2 Å².